The van der Waals surface area contributed by atoms with Crippen LogP contribution in [0.15, 0.2) is 66.9 Å². The molecule has 1 amide bonds. The van der Waals surface area contributed by atoms with Gasteiger partial charge in [0.25, 0.3) is 5.91 Å². The van der Waals surface area contributed by atoms with E-state index in [1.165, 1.54) is 0 Å². The van der Waals surface area contributed by atoms with E-state index in [2.05, 4.69) is 15.6 Å². The van der Waals surface area contributed by atoms with Crippen LogP contribution in [0.25, 0.3) is 0 Å². The smallest absolute Gasteiger partial charge is 0.256 e. The summed E-state index contributed by atoms with van der Waals surface area (Å²) in [7, 11) is 0. The molecule has 0 aliphatic heterocycles. The van der Waals surface area contributed by atoms with Crippen LogP contribution >= 0.6 is 11.6 Å². The normalized spacial score (nSPS) is 10.2. The van der Waals surface area contributed by atoms with Gasteiger partial charge in [0.2, 0.25) is 0 Å². The third-order valence-electron chi connectivity index (χ3n) is 3.59. The van der Waals surface area contributed by atoms with Gasteiger partial charge in [0.05, 0.1) is 11.9 Å². The van der Waals surface area contributed by atoms with Crippen LogP contribution in [0.3, 0.4) is 0 Å². The van der Waals surface area contributed by atoms with Crippen LogP contribution in [-0.2, 0) is 0 Å². The molecule has 0 saturated carbocycles. The minimum atomic E-state index is -0.186. The van der Waals surface area contributed by atoms with E-state index < -0.39 is 0 Å². The van der Waals surface area contributed by atoms with Gasteiger partial charge >= 0.3 is 0 Å². The molecule has 5 heteroatoms. The molecule has 3 aromatic rings. The number of carbonyl (C=O) groups excluding carboxylic acids is 1. The highest BCUT2D eigenvalue weighted by atomic mass is 35.5. The lowest BCUT2D eigenvalue weighted by Gasteiger charge is -2.11. The predicted octanol–water partition coefficient (Wildman–Crippen LogP) is 5.04. The quantitative estimate of drug-likeness (QED) is 0.701. The van der Waals surface area contributed by atoms with E-state index in [0.29, 0.717) is 16.4 Å². The summed E-state index contributed by atoms with van der Waals surface area (Å²) in [5.74, 6) is 0.312. The first-order valence-corrected chi connectivity index (χ1v) is 7.86. The van der Waals surface area contributed by atoms with E-state index in [1.807, 2.05) is 49.4 Å². The van der Waals surface area contributed by atoms with Gasteiger partial charge in [-0.1, -0.05) is 35.9 Å². The highest BCUT2D eigenvalue weighted by Crippen LogP contribution is 2.26. The lowest BCUT2D eigenvalue weighted by Crippen LogP contribution is -2.12. The van der Waals surface area contributed by atoms with Gasteiger partial charge in [-0.25, -0.2) is 4.98 Å². The van der Waals surface area contributed by atoms with Crippen LogP contribution in [0.1, 0.15) is 15.9 Å². The van der Waals surface area contributed by atoms with Crippen molar-refractivity contribution in [2.24, 2.45) is 0 Å². The zero-order valence-electron chi connectivity index (χ0n) is 13.1. The number of nitrogens with one attached hydrogen (secondary N) is 2. The number of amides is 1. The fraction of sp³-hybridized carbons (Fsp3) is 0.0526. The van der Waals surface area contributed by atoms with Crippen molar-refractivity contribution in [3.63, 3.8) is 0 Å². The molecular formula is C19H16ClN3O. The monoisotopic (exact) mass is 337 g/mol. The van der Waals surface area contributed by atoms with Crippen molar-refractivity contribution in [3.8, 4) is 0 Å². The Hall–Kier alpha value is -2.85. The summed E-state index contributed by atoms with van der Waals surface area (Å²) in [4.78, 5) is 16.4. The van der Waals surface area contributed by atoms with Crippen molar-refractivity contribution in [2.75, 3.05) is 10.6 Å². The fourth-order valence-electron chi connectivity index (χ4n) is 2.22. The van der Waals surface area contributed by atoms with E-state index in [0.717, 1.165) is 16.9 Å². The summed E-state index contributed by atoms with van der Waals surface area (Å²) in [5.41, 5.74) is 3.31. The Morgan fingerprint density at radius 2 is 1.79 bits per heavy atom. The number of carbonyl (C=O) groups is 1. The molecule has 1 aromatic heterocycles. The number of pyridine rings is 1. The summed E-state index contributed by atoms with van der Waals surface area (Å²) in [6, 6.07) is 18.3. The minimum absolute atomic E-state index is 0.186. The second kappa shape index (κ2) is 7.15. The van der Waals surface area contributed by atoms with Crippen LogP contribution in [0.2, 0.25) is 5.02 Å². The maximum atomic E-state index is 12.1. The zero-order chi connectivity index (χ0) is 16.9. The van der Waals surface area contributed by atoms with E-state index in [4.69, 9.17) is 11.6 Å². The van der Waals surface area contributed by atoms with Crippen molar-refractivity contribution in [2.45, 2.75) is 6.92 Å². The van der Waals surface area contributed by atoms with E-state index >= 15 is 0 Å². The van der Waals surface area contributed by atoms with Crippen molar-refractivity contribution in [3.05, 3.63) is 83.0 Å². The minimum Gasteiger partial charge on any atom is -0.354 e. The van der Waals surface area contributed by atoms with Gasteiger partial charge in [-0.05, 0) is 48.9 Å². The average Bonchev–Trinajstić information content (AvgIpc) is 2.61. The third-order valence-corrected chi connectivity index (χ3v) is 4.00. The second-order valence-electron chi connectivity index (χ2n) is 5.29. The molecule has 0 aliphatic carbocycles. The highest BCUT2D eigenvalue weighted by Gasteiger charge is 2.06. The van der Waals surface area contributed by atoms with Gasteiger partial charge in [-0.15, -0.1) is 0 Å². The number of hydrogen-bond acceptors (Lipinski definition) is 3. The molecule has 0 spiro atoms. The SMILES string of the molecule is Cc1c(Cl)cccc1Nc1ccc(NC(=O)c2ccccc2)nc1. The molecule has 0 aliphatic rings. The molecule has 0 saturated heterocycles. The van der Waals surface area contributed by atoms with Gasteiger partial charge in [-0.2, -0.15) is 0 Å². The Morgan fingerprint density at radius 3 is 2.50 bits per heavy atom. The van der Waals surface area contributed by atoms with Crippen LogP contribution in [0.4, 0.5) is 17.2 Å². The molecular weight excluding hydrogens is 322 g/mol. The molecule has 0 atom stereocenters. The number of halogens is 1. The summed E-state index contributed by atoms with van der Waals surface area (Å²) in [5, 5.41) is 6.74. The van der Waals surface area contributed by atoms with Crippen LogP contribution in [0, 0.1) is 6.92 Å². The highest BCUT2D eigenvalue weighted by molar-refractivity contribution is 6.31. The van der Waals surface area contributed by atoms with Crippen molar-refractivity contribution in [1.82, 2.24) is 4.98 Å². The summed E-state index contributed by atoms with van der Waals surface area (Å²) >= 11 is 6.12. The Bertz CT molecular complexity index is 848. The molecule has 0 fully saturated rings. The summed E-state index contributed by atoms with van der Waals surface area (Å²) in [6.45, 7) is 1.95. The van der Waals surface area contributed by atoms with Crippen LogP contribution < -0.4 is 10.6 Å². The first-order valence-electron chi connectivity index (χ1n) is 7.48. The van der Waals surface area contributed by atoms with Crippen LogP contribution in [-0.4, -0.2) is 10.9 Å². The van der Waals surface area contributed by atoms with Gasteiger partial charge in [-0.3, -0.25) is 4.79 Å². The van der Waals surface area contributed by atoms with Gasteiger partial charge in [0, 0.05) is 16.3 Å². The van der Waals surface area contributed by atoms with Crippen molar-refractivity contribution < 1.29 is 4.79 Å². The maximum Gasteiger partial charge on any atom is 0.256 e. The molecule has 1 heterocycles. The van der Waals surface area contributed by atoms with Crippen LogP contribution in [0.5, 0.6) is 0 Å². The predicted molar refractivity (Wildman–Crippen MR) is 98.1 cm³/mol. The van der Waals surface area contributed by atoms with Crippen molar-refractivity contribution >= 4 is 34.7 Å². The molecule has 3 rings (SSSR count). The summed E-state index contributed by atoms with van der Waals surface area (Å²) < 4.78 is 0. The molecule has 2 aromatic carbocycles. The lowest BCUT2D eigenvalue weighted by molar-refractivity contribution is 0.102. The largest absolute Gasteiger partial charge is 0.354 e. The number of hydrogen-bond donors (Lipinski definition) is 2. The number of nitrogens with zero attached hydrogens (tertiary/aromatic N) is 1. The topological polar surface area (TPSA) is 54.0 Å². The van der Waals surface area contributed by atoms with Gasteiger partial charge < -0.3 is 10.6 Å². The average molecular weight is 338 g/mol. The Morgan fingerprint density at radius 1 is 1.00 bits per heavy atom. The first kappa shape index (κ1) is 16.0. The molecule has 120 valence electrons. The van der Waals surface area contributed by atoms with Gasteiger partial charge in [0.15, 0.2) is 0 Å². The Kier molecular flexibility index (Phi) is 4.77. The molecule has 0 unspecified atom stereocenters. The lowest BCUT2D eigenvalue weighted by atomic mass is 10.2. The molecule has 0 bridgehead atoms. The molecule has 0 radical (unpaired) electrons. The zero-order valence-corrected chi connectivity index (χ0v) is 13.8. The fourth-order valence-corrected chi connectivity index (χ4v) is 2.39. The Balaban J connectivity index is 1.69. The number of aromatic nitrogens is 1. The third kappa shape index (κ3) is 3.73. The first-order chi connectivity index (χ1) is 11.6. The van der Waals surface area contributed by atoms with Crippen molar-refractivity contribution in [1.29, 1.82) is 0 Å². The number of anilines is 3. The Labute approximate surface area is 145 Å². The molecule has 2 N–H and O–H groups in total. The van der Waals surface area contributed by atoms with E-state index in [1.54, 1.807) is 24.4 Å². The van der Waals surface area contributed by atoms with E-state index in [-0.39, 0.29) is 5.91 Å². The summed E-state index contributed by atoms with van der Waals surface area (Å²) in [6.07, 6.45) is 1.67. The number of benzene rings is 2. The number of rotatable bonds is 4. The standard InChI is InChI=1S/C19H16ClN3O/c1-13-16(20)8-5-9-17(13)22-15-10-11-18(21-12-15)23-19(24)14-6-3-2-4-7-14/h2-12,22H,1H3,(H,21,23,24). The van der Waals surface area contributed by atoms with Gasteiger partial charge in [0.1, 0.15) is 5.82 Å². The second-order valence-corrected chi connectivity index (χ2v) is 5.70. The van der Waals surface area contributed by atoms with E-state index in [9.17, 15) is 4.79 Å². The molecule has 4 nitrogen and oxygen atoms in total. The maximum absolute atomic E-state index is 12.1. The molecule has 24 heavy (non-hydrogen) atoms.